The standard InChI is InChI=1S/C23H25F2N7O.C16H16F2N4O2/c1-12-14(3-6-20(27-12)31-10-17-18(11-31)23(17,24)25)8-32-9-15(7-26-32)22(33)28-19-5-4-16-13(2)29-30-21(16)19;1-9-10(5-22-6-11(4-19-22)15(23)24)2-3-14(20-9)21-7-12-13(8-21)16(12,17)18/h3,6-7,9,17-19H,4-5,8,10-11H2,1-2H3,(H,28,33)(H,29,30);2-4,6,12-13H,5,7-8H2,1H3,(H,23,24)/t17?,18?,19-;/m1./s1. The molecule has 5 atom stereocenters. The van der Waals surface area contributed by atoms with E-state index in [0.29, 0.717) is 50.6 Å². The topological polar surface area (TPSA) is 163 Å². The first-order chi connectivity index (χ1) is 27.2. The van der Waals surface area contributed by atoms with Crippen LogP contribution in [0.5, 0.6) is 0 Å². The lowest BCUT2D eigenvalue weighted by molar-refractivity contribution is 0.0695. The van der Waals surface area contributed by atoms with Crippen molar-refractivity contribution in [3.63, 3.8) is 0 Å². The molecule has 0 bridgehead atoms. The van der Waals surface area contributed by atoms with Gasteiger partial charge < -0.3 is 20.2 Å². The third-order valence-electron chi connectivity index (χ3n) is 12.3. The van der Waals surface area contributed by atoms with E-state index in [2.05, 4.69) is 35.7 Å². The smallest absolute Gasteiger partial charge is 0.338 e. The molecule has 4 fully saturated rings. The summed E-state index contributed by atoms with van der Waals surface area (Å²) in [5, 5.41) is 27.7. The Kier molecular flexibility index (Phi) is 8.65. The number of aromatic carboxylic acids is 1. The number of carboxylic acids is 1. The van der Waals surface area contributed by atoms with Gasteiger partial charge in [-0.3, -0.25) is 19.3 Å². The number of amides is 1. The number of pyridine rings is 2. The minimum absolute atomic E-state index is 0.0867. The fourth-order valence-electron chi connectivity index (χ4n) is 8.59. The SMILES string of the molecule is Cc1nc(N2CC3C(C2)C3(F)F)ccc1Cn1cc(C(=O)N[C@@H]2CCc3c2n[nH]c3C)cn1.Cc1nc(N2CC3C(C2)C3(F)F)ccc1Cn1cc(C(=O)O)cn1. The van der Waals surface area contributed by atoms with Crippen LogP contribution in [0.4, 0.5) is 29.2 Å². The van der Waals surface area contributed by atoms with Crippen LogP contribution in [-0.2, 0) is 19.5 Å². The summed E-state index contributed by atoms with van der Waals surface area (Å²) in [5.74, 6) is -6.84. The Balaban J connectivity index is 0.000000156. The lowest BCUT2D eigenvalue weighted by atomic mass is 10.2. The molecule has 14 nitrogen and oxygen atoms in total. The number of nitrogens with zero attached hydrogens (tertiary/aromatic N) is 9. The summed E-state index contributed by atoms with van der Waals surface area (Å²) in [7, 11) is 0. The van der Waals surface area contributed by atoms with Crippen LogP contribution in [0, 0.1) is 44.4 Å². The van der Waals surface area contributed by atoms with Crippen molar-refractivity contribution >= 4 is 23.5 Å². The normalized spacial score (nSPS) is 24.4. The molecule has 2 aliphatic heterocycles. The molecule has 0 radical (unpaired) electrons. The van der Waals surface area contributed by atoms with E-state index >= 15 is 0 Å². The van der Waals surface area contributed by atoms with Crippen molar-refractivity contribution in [2.45, 2.75) is 64.6 Å². The molecule has 0 spiro atoms. The summed E-state index contributed by atoms with van der Waals surface area (Å²) in [6.45, 7) is 8.07. The number of nitrogens with one attached hydrogen (secondary N) is 2. The maximum Gasteiger partial charge on any atom is 0.338 e. The number of anilines is 2. The molecule has 3 aliphatic carbocycles. The summed E-state index contributed by atoms with van der Waals surface area (Å²) in [5.41, 5.74) is 7.30. The molecular formula is C39H41F4N11O3. The van der Waals surface area contributed by atoms with Crippen LogP contribution in [0.25, 0.3) is 0 Å². The van der Waals surface area contributed by atoms with Gasteiger partial charge in [0.1, 0.15) is 11.6 Å². The predicted octanol–water partition coefficient (Wildman–Crippen LogP) is 4.82. The lowest BCUT2D eigenvalue weighted by Gasteiger charge is -2.21. The summed E-state index contributed by atoms with van der Waals surface area (Å²) in [6.07, 6.45) is 7.81. The molecule has 10 rings (SSSR count). The Morgan fingerprint density at radius 2 is 1.28 bits per heavy atom. The van der Waals surface area contributed by atoms with Crippen LogP contribution >= 0.6 is 0 Å². The molecule has 298 valence electrons. The quantitative estimate of drug-likeness (QED) is 0.177. The van der Waals surface area contributed by atoms with Crippen molar-refractivity contribution in [1.29, 1.82) is 0 Å². The van der Waals surface area contributed by atoms with E-state index < -0.39 is 41.5 Å². The number of rotatable bonds is 9. The van der Waals surface area contributed by atoms with Gasteiger partial charge in [-0.25, -0.2) is 32.3 Å². The number of carboxylic acid groups (broad SMARTS) is 1. The Hall–Kier alpha value is -5.81. The molecule has 4 unspecified atom stereocenters. The first-order valence-electron chi connectivity index (χ1n) is 19.0. The Labute approximate surface area is 324 Å². The predicted molar refractivity (Wildman–Crippen MR) is 198 cm³/mol. The van der Waals surface area contributed by atoms with E-state index in [9.17, 15) is 27.2 Å². The van der Waals surface area contributed by atoms with Crippen LogP contribution < -0.4 is 15.1 Å². The molecular weight excluding hydrogens is 746 g/mol. The van der Waals surface area contributed by atoms with Gasteiger partial charge in [-0.1, -0.05) is 12.1 Å². The zero-order chi connectivity index (χ0) is 40.0. The van der Waals surface area contributed by atoms with Crippen LogP contribution in [0.15, 0.2) is 49.1 Å². The number of hydrogen-bond acceptors (Lipinski definition) is 9. The average Bonchev–Trinajstić information content (AvgIpc) is 3.87. The van der Waals surface area contributed by atoms with Gasteiger partial charge in [0.25, 0.3) is 17.8 Å². The third kappa shape index (κ3) is 6.67. The van der Waals surface area contributed by atoms with Gasteiger partial charge in [0.05, 0.1) is 72.0 Å². The van der Waals surface area contributed by atoms with E-state index in [4.69, 9.17) is 5.11 Å². The first-order valence-corrected chi connectivity index (χ1v) is 19.0. The number of halogens is 4. The molecule has 2 saturated heterocycles. The van der Waals surface area contributed by atoms with E-state index in [1.807, 2.05) is 54.8 Å². The molecule has 18 heteroatoms. The van der Waals surface area contributed by atoms with Crippen molar-refractivity contribution in [2.24, 2.45) is 23.7 Å². The van der Waals surface area contributed by atoms with Crippen LogP contribution in [0.3, 0.4) is 0 Å². The zero-order valence-electron chi connectivity index (χ0n) is 31.5. The molecule has 7 heterocycles. The molecule has 1 amide bonds. The highest BCUT2D eigenvalue weighted by Gasteiger charge is 2.72. The maximum atomic E-state index is 13.5. The number of piperidine rings is 2. The molecule has 5 aliphatic rings. The number of hydrogen-bond donors (Lipinski definition) is 3. The Bertz CT molecular complexity index is 2360. The highest BCUT2D eigenvalue weighted by atomic mass is 19.3. The van der Waals surface area contributed by atoms with Gasteiger partial charge in [-0.2, -0.15) is 15.3 Å². The largest absolute Gasteiger partial charge is 0.478 e. The van der Waals surface area contributed by atoms with Gasteiger partial charge in [-0.15, -0.1) is 0 Å². The van der Waals surface area contributed by atoms with E-state index in [1.54, 1.807) is 21.8 Å². The number of alkyl halides is 4. The average molecular weight is 788 g/mol. The molecule has 5 aromatic heterocycles. The minimum Gasteiger partial charge on any atom is -0.478 e. The second-order valence-corrected chi connectivity index (χ2v) is 15.8. The first kappa shape index (κ1) is 36.8. The molecule has 2 saturated carbocycles. The number of H-pyrrole nitrogens is 1. The van der Waals surface area contributed by atoms with Crippen LogP contribution in [0.2, 0.25) is 0 Å². The van der Waals surface area contributed by atoms with Gasteiger partial charge in [0.15, 0.2) is 0 Å². The Morgan fingerprint density at radius 1 is 0.789 bits per heavy atom. The molecule has 5 aromatic rings. The fourth-order valence-corrected chi connectivity index (χ4v) is 8.59. The number of aromatic amines is 1. The lowest BCUT2D eigenvalue weighted by Crippen LogP contribution is -2.28. The highest BCUT2D eigenvalue weighted by Crippen LogP contribution is 2.60. The van der Waals surface area contributed by atoms with Gasteiger partial charge in [0, 0.05) is 55.7 Å². The number of carbonyl (C=O) groups excluding carboxylic acids is 1. The van der Waals surface area contributed by atoms with Gasteiger partial charge in [-0.05, 0) is 62.4 Å². The number of carbonyl (C=O) groups is 2. The minimum atomic E-state index is -2.49. The molecule has 0 aromatic carbocycles. The summed E-state index contributed by atoms with van der Waals surface area (Å²) in [4.78, 5) is 36.6. The van der Waals surface area contributed by atoms with E-state index in [1.165, 1.54) is 18.0 Å². The van der Waals surface area contributed by atoms with Gasteiger partial charge >= 0.3 is 5.97 Å². The third-order valence-corrected chi connectivity index (χ3v) is 12.3. The summed E-state index contributed by atoms with van der Waals surface area (Å²) >= 11 is 0. The second kappa shape index (κ2) is 13.4. The Morgan fingerprint density at radius 3 is 1.75 bits per heavy atom. The highest BCUT2D eigenvalue weighted by molar-refractivity contribution is 5.94. The maximum absolute atomic E-state index is 13.5. The fraction of sp³-hybridized carbons (Fsp3) is 0.462. The van der Waals surface area contributed by atoms with Crippen LogP contribution in [0.1, 0.15) is 72.6 Å². The number of aryl methyl sites for hydroxylation is 3. The van der Waals surface area contributed by atoms with E-state index in [0.717, 1.165) is 52.6 Å². The van der Waals surface area contributed by atoms with Crippen molar-refractivity contribution in [1.82, 2.24) is 45.0 Å². The number of fused-ring (bicyclic) bond motifs is 3. The van der Waals surface area contributed by atoms with Crippen molar-refractivity contribution < 1.29 is 32.3 Å². The van der Waals surface area contributed by atoms with Crippen LogP contribution in [-0.4, -0.2) is 94.7 Å². The zero-order valence-corrected chi connectivity index (χ0v) is 31.5. The van der Waals surface area contributed by atoms with E-state index in [-0.39, 0.29) is 17.5 Å². The van der Waals surface area contributed by atoms with Crippen molar-refractivity contribution in [2.75, 3.05) is 36.0 Å². The summed E-state index contributed by atoms with van der Waals surface area (Å²) in [6, 6.07) is 7.47. The second-order valence-electron chi connectivity index (χ2n) is 15.8. The monoisotopic (exact) mass is 787 g/mol. The van der Waals surface area contributed by atoms with Crippen molar-refractivity contribution in [3.8, 4) is 0 Å². The molecule has 3 N–H and O–H groups in total. The van der Waals surface area contributed by atoms with Gasteiger partial charge in [0.2, 0.25) is 0 Å². The molecule has 57 heavy (non-hydrogen) atoms. The summed E-state index contributed by atoms with van der Waals surface area (Å²) < 4.78 is 56.7. The van der Waals surface area contributed by atoms with Crippen molar-refractivity contribution in [3.05, 3.63) is 99.6 Å². The number of aromatic nitrogens is 8.